The van der Waals surface area contributed by atoms with E-state index >= 15 is 0 Å². The Bertz CT molecular complexity index is 320. The van der Waals surface area contributed by atoms with Crippen molar-refractivity contribution in [2.75, 3.05) is 6.79 Å². The maximum absolute atomic E-state index is 5.43. The Labute approximate surface area is 91.2 Å². The van der Waals surface area contributed by atoms with E-state index in [0.29, 0.717) is 6.79 Å². The molecule has 0 saturated heterocycles. The highest BCUT2D eigenvalue weighted by Gasteiger charge is 2.16. The van der Waals surface area contributed by atoms with E-state index in [1.807, 2.05) is 12.1 Å². The molecule has 2 heteroatoms. The first-order valence-electron chi connectivity index (χ1n) is 5.71. The van der Waals surface area contributed by atoms with Crippen LogP contribution in [0.3, 0.4) is 0 Å². The molecule has 0 fully saturated rings. The summed E-state index contributed by atoms with van der Waals surface area (Å²) in [6, 6.07) is 7.07. The number of benzene rings is 1. The summed E-state index contributed by atoms with van der Waals surface area (Å²) in [6.07, 6.45) is 6.13. The molecule has 2 rings (SSSR count). The molecular weight excluding hydrogens is 188 g/mol. The molecule has 0 N–H and O–H groups in total. The Kier molecular flexibility index (Phi) is 3.49. The SMILES string of the molecule is CCCCCCc1[c]ccc2c1OCO2. The Balaban J connectivity index is 1.94. The van der Waals surface area contributed by atoms with Crippen LogP contribution < -0.4 is 9.47 Å². The molecule has 15 heavy (non-hydrogen) atoms. The molecule has 81 valence electrons. The van der Waals surface area contributed by atoms with E-state index in [9.17, 15) is 0 Å². The zero-order chi connectivity index (χ0) is 10.5. The van der Waals surface area contributed by atoms with Gasteiger partial charge in [0, 0.05) is 5.56 Å². The van der Waals surface area contributed by atoms with Crippen LogP contribution in [0.2, 0.25) is 0 Å². The van der Waals surface area contributed by atoms with Gasteiger partial charge in [-0.15, -0.1) is 0 Å². The lowest BCUT2D eigenvalue weighted by Crippen LogP contribution is -1.94. The van der Waals surface area contributed by atoms with Gasteiger partial charge in [0.25, 0.3) is 0 Å². The van der Waals surface area contributed by atoms with E-state index in [-0.39, 0.29) is 0 Å². The first kappa shape index (κ1) is 10.3. The van der Waals surface area contributed by atoms with Gasteiger partial charge < -0.3 is 9.47 Å². The van der Waals surface area contributed by atoms with Gasteiger partial charge in [-0.3, -0.25) is 0 Å². The summed E-state index contributed by atoms with van der Waals surface area (Å²) in [7, 11) is 0. The van der Waals surface area contributed by atoms with E-state index in [1.54, 1.807) is 0 Å². The molecule has 0 amide bonds. The standard InChI is InChI=1S/C13H17O2/c1-2-3-4-5-7-11-8-6-9-12-13(11)15-10-14-12/h6,9H,2-5,7,10H2,1H3. The van der Waals surface area contributed by atoms with Crippen molar-refractivity contribution in [3.63, 3.8) is 0 Å². The van der Waals surface area contributed by atoms with E-state index in [4.69, 9.17) is 9.47 Å². The molecule has 0 aromatic heterocycles. The van der Waals surface area contributed by atoms with Crippen LogP contribution in [0.1, 0.15) is 38.2 Å². The number of ether oxygens (including phenoxy) is 2. The number of hydrogen-bond acceptors (Lipinski definition) is 2. The summed E-state index contributed by atoms with van der Waals surface area (Å²) in [4.78, 5) is 0. The maximum atomic E-state index is 5.43. The number of fused-ring (bicyclic) bond motifs is 1. The zero-order valence-electron chi connectivity index (χ0n) is 9.21. The minimum Gasteiger partial charge on any atom is -0.454 e. The van der Waals surface area contributed by atoms with Gasteiger partial charge in [-0.1, -0.05) is 32.3 Å². The van der Waals surface area contributed by atoms with Crippen LogP contribution in [0.25, 0.3) is 0 Å². The average Bonchev–Trinajstić information content (AvgIpc) is 2.73. The predicted octanol–water partition coefficient (Wildman–Crippen LogP) is 3.34. The Morgan fingerprint density at radius 2 is 2.20 bits per heavy atom. The number of hydrogen-bond donors (Lipinski definition) is 0. The van der Waals surface area contributed by atoms with Gasteiger partial charge >= 0.3 is 0 Å². The fourth-order valence-corrected chi connectivity index (χ4v) is 1.85. The summed E-state index contributed by atoms with van der Waals surface area (Å²) >= 11 is 0. The molecule has 1 radical (unpaired) electrons. The van der Waals surface area contributed by atoms with Crippen molar-refractivity contribution in [2.24, 2.45) is 0 Å². The highest BCUT2D eigenvalue weighted by molar-refractivity contribution is 5.47. The predicted molar refractivity (Wildman–Crippen MR) is 59.2 cm³/mol. The zero-order valence-corrected chi connectivity index (χ0v) is 9.21. The van der Waals surface area contributed by atoms with Crippen molar-refractivity contribution in [3.05, 3.63) is 23.8 Å². The lowest BCUT2D eigenvalue weighted by Gasteiger charge is -2.04. The van der Waals surface area contributed by atoms with Crippen LogP contribution in [0.5, 0.6) is 11.5 Å². The minimum absolute atomic E-state index is 0.356. The van der Waals surface area contributed by atoms with Crippen molar-refractivity contribution in [1.29, 1.82) is 0 Å². The van der Waals surface area contributed by atoms with Crippen LogP contribution in [-0.4, -0.2) is 6.79 Å². The molecule has 0 spiro atoms. The highest BCUT2D eigenvalue weighted by atomic mass is 16.7. The lowest BCUT2D eigenvalue weighted by molar-refractivity contribution is 0.173. The quantitative estimate of drug-likeness (QED) is 0.686. The summed E-state index contributed by atoms with van der Waals surface area (Å²) in [6.45, 7) is 2.58. The third kappa shape index (κ3) is 2.44. The van der Waals surface area contributed by atoms with Gasteiger partial charge in [-0.2, -0.15) is 0 Å². The number of unbranched alkanes of at least 4 members (excludes halogenated alkanes) is 3. The second-order valence-corrected chi connectivity index (χ2v) is 3.87. The van der Waals surface area contributed by atoms with Crippen LogP contribution in [0.4, 0.5) is 0 Å². The second-order valence-electron chi connectivity index (χ2n) is 3.87. The van der Waals surface area contributed by atoms with Gasteiger partial charge in [0.2, 0.25) is 6.79 Å². The van der Waals surface area contributed by atoms with E-state index < -0.39 is 0 Å². The van der Waals surface area contributed by atoms with E-state index in [1.165, 1.54) is 31.2 Å². The van der Waals surface area contributed by atoms with Crippen molar-refractivity contribution < 1.29 is 9.47 Å². The van der Waals surface area contributed by atoms with Crippen molar-refractivity contribution in [2.45, 2.75) is 39.0 Å². The molecule has 1 heterocycles. The van der Waals surface area contributed by atoms with Crippen molar-refractivity contribution in [1.82, 2.24) is 0 Å². The molecule has 0 atom stereocenters. The lowest BCUT2D eigenvalue weighted by atomic mass is 10.1. The topological polar surface area (TPSA) is 18.5 Å². The smallest absolute Gasteiger partial charge is 0.231 e. The molecule has 1 aromatic carbocycles. The Hall–Kier alpha value is -1.18. The van der Waals surface area contributed by atoms with E-state index in [2.05, 4.69) is 13.0 Å². The molecule has 1 aromatic rings. The third-order valence-corrected chi connectivity index (χ3v) is 2.69. The largest absolute Gasteiger partial charge is 0.454 e. The Morgan fingerprint density at radius 3 is 3.07 bits per heavy atom. The van der Waals surface area contributed by atoms with Crippen molar-refractivity contribution >= 4 is 0 Å². The summed E-state index contributed by atoms with van der Waals surface area (Å²) in [5.74, 6) is 1.79. The third-order valence-electron chi connectivity index (χ3n) is 2.69. The van der Waals surface area contributed by atoms with Gasteiger partial charge in [-0.05, 0) is 25.0 Å². The van der Waals surface area contributed by atoms with Gasteiger partial charge in [0.15, 0.2) is 11.5 Å². The monoisotopic (exact) mass is 205 g/mol. The molecule has 0 saturated carbocycles. The second kappa shape index (κ2) is 5.06. The highest BCUT2D eigenvalue weighted by Crippen LogP contribution is 2.35. The Morgan fingerprint density at radius 1 is 1.27 bits per heavy atom. The van der Waals surface area contributed by atoms with Crippen LogP contribution in [-0.2, 0) is 6.42 Å². The molecule has 1 aliphatic rings. The fourth-order valence-electron chi connectivity index (χ4n) is 1.85. The first-order chi connectivity index (χ1) is 7.42. The molecular formula is C13H17O2. The summed E-state index contributed by atoms with van der Waals surface area (Å²) in [5.41, 5.74) is 1.17. The molecule has 1 aliphatic heterocycles. The molecule has 0 unspecified atom stereocenters. The first-order valence-corrected chi connectivity index (χ1v) is 5.71. The van der Waals surface area contributed by atoms with Crippen LogP contribution in [0, 0.1) is 6.07 Å². The number of aryl methyl sites for hydroxylation is 1. The van der Waals surface area contributed by atoms with Crippen LogP contribution >= 0.6 is 0 Å². The van der Waals surface area contributed by atoms with Crippen LogP contribution in [0.15, 0.2) is 12.1 Å². The van der Waals surface area contributed by atoms with Gasteiger partial charge in [0.1, 0.15) is 0 Å². The average molecular weight is 205 g/mol. The fraction of sp³-hybridized carbons (Fsp3) is 0.538. The summed E-state index contributed by atoms with van der Waals surface area (Å²) < 4.78 is 10.8. The maximum Gasteiger partial charge on any atom is 0.231 e. The molecule has 0 bridgehead atoms. The van der Waals surface area contributed by atoms with Crippen molar-refractivity contribution in [3.8, 4) is 11.5 Å². The van der Waals surface area contributed by atoms with Gasteiger partial charge in [-0.25, -0.2) is 0 Å². The van der Waals surface area contributed by atoms with E-state index in [0.717, 1.165) is 17.9 Å². The molecule has 0 aliphatic carbocycles. The molecule has 2 nitrogen and oxygen atoms in total. The normalized spacial score (nSPS) is 13.1. The van der Waals surface area contributed by atoms with Gasteiger partial charge in [0.05, 0.1) is 0 Å². The minimum atomic E-state index is 0.356. The number of rotatable bonds is 5. The summed E-state index contributed by atoms with van der Waals surface area (Å²) in [5, 5.41) is 0.